The summed E-state index contributed by atoms with van der Waals surface area (Å²) in [5, 5.41) is 5.83. The standard InChI is InChI=1S/C25H29N3O3/c1-17(29)28-14-13-19-7-5-6-8-21(19)22(28)16-23(30)26-20-11-9-18(10-12-20)15-24(31)27-25(2,3)4/h5-14,22H,15-16H2,1-4H3,(H,26,30)(H,27,31)/t22-/m1/s1. The normalized spacial score (nSPS) is 15.2. The van der Waals surface area contributed by atoms with Crippen molar-refractivity contribution in [2.75, 3.05) is 5.32 Å². The van der Waals surface area contributed by atoms with Gasteiger partial charge in [0.05, 0.1) is 18.9 Å². The van der Waals surface area contributed by atoms with E-state index >= 15 is 0 Å². The van der Waals surface area contributed by atoms with E-state index in [0.717, 1.165) is 16.7 Å². The summed E-state index contributed by atoms with van der Waals surface area (Å²) in [6.07, 6.45) is 4.06. The molecule has 1 atom stereocenters. The van der Waals surface area contributed by atoms with Crippen LogP contribution in [0.3, 0.4) is 0 Å². The molecule has 0 fully saturated rings. The van der Waals surface area contributed by atoms with Crippen LogP contribution < -0.4 is 10.6 Å². The molecule has 0 saturated heterocycles. The largest absolute Gasteiger partial charge is 0.351 e. The van der Waals surface area contributed by atoms with E-state index in [9.17, 15) is 14.4 Å². The van der Waals surface area contributed by atoms with Gasteiger partial charge in [0.2, 0.25) is 17.7 Å². The Bertz CT molecular complexity index is 1000. The van der Waals surface area contributed by atoms with E-state index in [-0.39, 0.29) is 42.1 Å². The smallest absolute Gasteiger partial charge is 0.226 e. The number of benzene rings is 2. The average Bonchev–Trinajstić information content (AvgIpc) is 2.68. The van der Waals surface area contributed by atoms with Crippen molar-refractivity contribution in [2.24, 2.45) is 0 Å². The predicted molar refractivity (Wildman–Crippen MR) is 122 cm³/mol. The third kappa shape index (κ3) is 6.04. The molecule has 1 heterocycles. The van der Waals surface area contributed by atoms with Gasteiger partial charge in [0.15, 0.2) is 0 Å². The Kier molecular flexibility index (Phi) is 6.59. The Labute approximate surface area is 183 Å². The lowest BCUT2D eigenvalue weighted by molar-refractivity contribution is -0.129. The molecule has 2 aromatic carbocycles. The molecule has 0 aromatic heterocycles. The van der Waals surface area contributed by atoms with Gasteiger partial charge < -0.3 is 15.5 Å². The van der Waals surface area contributed by atoms with Crippen LogP contribution in [0.25, 0.3) is 6.08 Å². The number of fused-ring (bicyclic) bond motifs is 1. The molecule has 0 unspecified atom stereocenters. The van der Waals surface area contributed by atoms with Crippen molar-refractivity contribution in [1.82, 2.24) is 10.2 Å². The van der Waals surface area contributed by atoms with E-state index < -0.39 is 0 Å². The molecule has 0 bridgehead atoms. The predicted octanol–water partition coefficient (Wildman–Crippen LogP) is 4.05. The summed E-state index contributed by atoms with van der Waals surface area (Å²) in [5.74, 6) is -0.335. The number of nitrogens with zero attached hydrogens (tertiary/aromatic N) is 1. The fourth-order valence-corrected chi connectivity index (χ4v) is 3.65. The maximum absolute atomic E-state index is 12.7. The molecule has 2 N–H and O–H groups in total. The van der Waals surface area contributed by atoms with Gasteiger partial charge in [-0.15, -0.1) is 0 Å². The van der Waals surface area contributed by atoms with Gasteiger partial charge in [-0.1, -0.05) is 36.4 Å². The van der Waals surface area contributed by atoms with Crippen LogP contribution in [-0.4, -0.2) is 28.2 Å². The molecule has 1 aliphatic heterocycles. The van der Waals surface area contributed by atoms with Gasteiger partial charge in [-0.25, -0.2) is 0 Å². The van der Waals surface area contributed by atoms with Crippen LogP contribution in [0.5, 0.6) is 0 Å². The quantitative estimate of drug-likeness (QED) is 0.768. The van der Waals surface area contributed by atoms with Crippen molar-refractivity contribution < 1.29 is 14.4 Å². The second-order valence-corrected chi connectivity index (χ2v) is 8.81. The summed E-state index contributed by atoms with van der Waals surface area (Å²) in [5.41, 5.74) is 3.21. The lowest BCUT2D eigenvalue weighted by atomic mass is 9.93. The highest BCUT2D eigenvalue weighted by molar-refractivity contribution is 5.92. The molecule has 3 rings (SSSR count). The van der Waals surface area contributed by atoms with Crippen LogP contribution in [0.4, 0.5) is 5.69 Å². The second-order valence-electron chi connectivity index (χ2n) is 8.81. The Morgan fingerprint density at radius 2 is 1.65 bits per heavy atom. The van der Waals surface area contributed by atoms with Crippen molar-refractivity contribution >= 4 is 29.5 Å². The highest BCUT2D eigenvalue weighted by atomic mass is 16.2. The fraction of sp³-hybridized carbons (Fsp3) is 0.320. The molecule has 0 saturated carbocycles. The number of hydrogen-bond acceptors (Lipinski definition) is 3. The highest BCUT2D eigenvalue weighted by Gasteiger charge is 2.28. The number of rotatable bonds is 5. The van der Waals surface area contributed by atoms with Crippen molar-refractivity contribution in [1.29, 1.82) is 0 Å². The number of anilines is 1. The van der Waals surface area contributed by atoms with E-state index in [1.165, 1.54) is 6.92 Å². The van der Waals surface area contributed by atoms with Crippen LogP contribution >= 0.6 is 0 Å². The molecule has 6 heteroatoms. The zero-order chi connectivity index (χ0) is 22.6. The molecule has 1 aliphatic rings. The Balaban J connectivity index is 1.64. The third-order valence-electron chi connectivity index (χ3n) is 4.96. The Morgan fingerprint density at radius 3 is 2.29 bits per heavy atom. The SMILES string of the molecule is CC(=O)N1C=Cc2ccccc2[C@H]1CC(=O)Nc1ccc(CC(=O)NC(C)(C)C)cc1. The van der Waals surface area contributed by atoms with Gasteiger partial charge in [-0.05, 0) is 55.7 Å². The molecule has 2 aromatic rings. The van der Waals surface area contributed by atoms with Crippen molar-refractivity contribution in [3.63, 3.8) is 0 Å². The first-order chi connectivity index (χ1) is 14.6. The lowest BCUT2D eigenvalue weighted by Crippen LogP contribution is -2.41. The average molecular weight is 420 g/mol. The van der Waals surface area contributed by atoms with Gasteiger partial charge >= 0.3 is 0 Å². The maximum Gasteiger partial charge on any atom is 0.226 e. The monoisotopic (exact) mass is 419 g/mol. The van der Waals surface area contributed by atoms with Gasteiger partial charge in [-0.2, -0.15) is 0 Å². The molecule has 162 valence electrons. The van der Waals surface area contributed by atoms with Crippen LogP contribution in [0.1, 0.15) is 56.8 Å². The van der Waals surface area contributed by atoms with E-state index in [2.05, 4.69) is 10.6 Å². The van der Waals surface area contributed by atoms with Crippen LogP contribution in [0.2, 0.25) is 0 Å². The van der Waals surface area contributed by atoms with Crippen LogP contribution in [-0.2, 0) is 20.8 Å². The third-order valence-corrected chi connectivity index (χ3v) is 4.96. The first-order valence-electron chi connectivity index (χ1n) is 10.4. The zero-order valence-electron chi connectivity index (χ0n) is 18.4. The van der Waals surface area contributed by atoms with Gasteiger partial charge in [0, 0.05) is 24.4 Å². The lowest BCUT2D eigenvalue weighted by Gasteiger charge is -2.32. The summed E-state index contributed by atoms with van der Waals surface area (Å²) in [7, 11) is 0. The minimum absolute atomic E-state index is 0.0439. The Morgan fingerprint density at radius 1 is 0.968 bits per heavy atom. The summed E-state index contributed by atoms with van der Waals surface area (Å²) >= 11 is 0. The molecule has 3 amide bonds. The summed E-state index contributed by atoms with van der Waals surface area (Å²) in [4.78, 5) is 38.5. The number of amides is 3. The minimum atomic E-state index is -0.348. The van der Waals surface area contributed by atoms with Crippen molar-refractivity contribution in [3.8, 4) is 0 Å². The molecule has 31 heavy (non-hydrogen) atoms. The summed E-state index contributed by atoms with van der Waals surface area (Å²) in [6, 6.07) is 14.7. The van der Waals surface area contributed by atoms with Gasteiger partial charge in [-0.3, -0.25) is 14.4 Å². The first-order valence-corrected chi connectivity index (χ1v) is 10.4. The van der Waals surface area contributed by atoms with Crippen LogP contribution in [0, 0.1) is 0 Å². The summed E-state index contributed by atoms with van der Waals surface area (Å²) < 4.78 is 0. The van der Waals surface area contributed by atoms with E-state index in [1.807, 2.05) is 63.2 Å². The minimum Gasteiger partial charge on any atom is -0.351 e. The number of nitrogens with one attached hydrogen (secondary N) is 2. The Hall–Kier alpha value is -3.41. The zero-order valence-corrected chi connectivity index (χ0v) is 18.4. The van der Waals surface area contributed by atoms with E-state index in [1.54, 1.807) is 23.2 Å². The number of carbonyl (C=O) groups is 3. The molecule has 6 nitrogen and oxygen atoms in total. The number of carbonyl (C=O) groups excluding carboxylic acids is 3. The second kappa shape index (κ2) is 9.16. The van der Waals surface area contributed by atoms with E-state index in [4.69, 9.17) is 0 Å². The van der Waals surface area contributed by atoms with Gasteiger partial charge in [0.1, 0.15) is 0 Å². The highest BCUT2D eigenvalue weighted by Crippen LogP contribution is 2.33. The number of hydrogen-bond donors (Lipinski definition) is 2. The molecule has 0 spiro atoms. The molecular formula is C25H29N3O3. The fourth-order valence-electron chi connectivity index (χ4n) is 3.65. The van der Waals surface area contributed by atoms with Crippen molar-refractivity contribution in [2.45, 2.75) is 52.1 Å². The van der Waals surface area contributed by atoms with Crippen molar-refractivity contribution in [3.05, 3.63) is 71.4 Å². The van der Waals surface area contributed by atoms with Crippen LogP contribution in [0.15, 0.2) is 54.7 Å². The van der Waals surface area contributed by atoms with Gasteiger partial charge in [0.25, 0.3) is 0 Å². The molecular weight excluding hydrogens is 390 g/mol. The summed E-state index contributed by atoms with van der Waals surface area (Å²) in [6.45, 7) is 7.32. The molecule has 0 aliphatic carbocycles. The topological polar surface area (TPSA) is 78.5 Å². The first kappa shape index (κ1) is 22.3. The maximum atomic E-state index is 12.7. The van der Waals surface area contributed by atoms with E-state index in [0.29, 0.717) is 5.69 Å². The molecule has 0 radical (unpaired) electrons.